The number of rotatable bonds is 3. The lowest BCUT2D eigenvalue weighted by Gasteiger charge is -2.11. The number of ether oxygens (including phenoxy) is 2. The van der Waals surface area contributed by atoms with Crippen LogP contribution in [0.3, 0.4) is 0 Å². The van der Waals surface area contributed by atoms with E-state index < -0.39 is 12.2 Å². The van der Waals surface area contributed by atoms with Gasteiger partial charge in [0.05, 0.1) is 25.3 Å². The van der Waals surface area contributed by atoms with Crippen molar-refractivity contribution in [2.75, 3.05) is 7.11 Å². The van der Waals surface area contributed by atoms with E-state index in [1.807, 2.05) is 0 Å². The third-order valence-corrected chi connectivity index (χ3v) is 1.58. The van der Waals surface area contributed by atoms with Gasteiger partial charge < -0.3 is 9.47 Å². The van der Waals surface area contributed by atoms with Crippen LogP contribution in [0.25, 0.3) is 0 Å². The highest BCUT2D eigenvalue weighted by Gasteiger charge is 2.33. The van der Waals surface area contributed by atoms with Crippen molar-refractivity contribution >= 4 is 0 Å². The second kappa shape index (κ2) is 4.70. The van der Waals surface area contributed by atoms with Gasteiger partial charge in [0.1, 0.15) is 0 Å². The maximum atomic E-state index is 12.0. The van der Waals surface area contributed by atoms with Crippen LogP contribution in [0.2, 0.25) is 0 Å². The van der Waals surface area contributed by atoms with Crippen molar-refractivity contribution in [3.8, 4) is 17.7 Å². The monoisotopic (exact) mass is 232 g/mol. The Morgan fingerprint density at radius 1 is 1.44 bits per heavy atom. The fourth-order valence-electron chi connectivity index (χ4n) is 0.984. The molecule has 4 nitrogen and oxygen atoms in total. The molecule has 0 spiro atoms. The standard InChI is InChI=1S/C9H7F3N2O2/c1-15-7-3-2-6(4-5-13)14-8(7)16-9(10,11)12/h2-3H,4H2,1H3. The molecule has 0 fully saturated rings. The van der Waals surface area contributed by atoms with Crippen LogP contribution < -0.4 is 9.47 Å². The Morgan fingerprint density at radius 2 is 2.12 bits per heavy atom. The maximum absolute atomic E-state index is 12.0. The Morgan fingerprint density at radius 3 is 2.62 bits per heavy atom. The highest BCUT2D eigenvalue weighted by Crippen LogP contribution is 2.30. The molecule has 0 aliphatic heterocycles. The van der Waals surface area contributed by atoms with Crippen molar-refractivity contribution in [1.29, 1.82) is 5.26 Å². The number of alkyl halides is 3. The first-order valence-corrected chi connectivity index (χ1v) is 4.13. The fraction of sp³-hybridized carbons (Fsp3) is 0.333. The third-order valence-electron chi connectivity index (χ3n) is 1.58. The highest BCUT2D eigenvalue weighted by molar-refractivity contribution is 5.35. The molecule has 0 saturated carbocycles. The Labute approximate surface area is 89.2 Å². The van der Waals surface area contributed by atoms with Crippen molar-refractivity contribution in [3.63, 3.8) is 0 Å². The van der Waals surface area contributed by atoms with Crippen LogP contribution in [0.4, 0.5) is 13.2 Å². The van der Waals surface area contributed by atoms with Crippen molar-refractivity contribution in [1.82, 2.24) is 4.98 Å². The fourth-order valence-corrected chi connectivity index (χ4v) is 0.984. The van der Waals surface area contributed by atoms with Gasteiger partial charge in [0.2, 0.25) is 0 Å². The smallest absolute Gasteiger partial charge is 0.491 e. The summed E-state index contributed by atoms with van der Waals surface area (Å²) < 4.78 is 44.3. The molecule has 0 N–H and O–H groups in total. The lowest BCUT2D eigenvalue weighted by atomic mass is 10.3. The molecule has 16 heavy (non-hydrogen) atoms. The van der Waals surface area contributed by atoms with Gasteiger partial charge >= 0.3 is 6.36 Å². The van der Waals surface area contributed by atoms with Gasteiger partial charge in [0.15, 0.2) is 5.75 Å². The largest absolute Gasteiger partial charge is 0.574 e. The number of methoxy groups -OCH3 is 1. The number of pyridine rings is 1. The molecule has 1 aromatic heterocycles. The number of hydrogen-bond donors (Lipinski definition) is 0. The second-order valence-electron chi connectivity index (χ2n) is 2.69. The lowest BCUT2D eigenvalue weighted by Crippen LogP contribution is -2.18. The van der Waals surface area contributed by atoms with Crippen LogP contribution in [0.1, 0.15) is 5.69 Å². The number of halogens is 3. The minimum atomic E-state index is -4.84. The molecule has 1 rings (SSSR count). The summed E-state index contributed by atoms with van der Waals surface area (Å²) in [5, 5.41) is 8.39. The van der Waals surface area contributed by atoms with Crippen LogP contribution in [0, 0.1) is 11.3 Å². The Hall–Kier alpha value is -1.97. The van der Waals surface area contributed by atoms with E-state index in [-0.39, 0.29) is 17.9 Å². The number of nitriles is 1. The zero-order valence-corrected chi connectivity index (χ0v) is 8.21. The molecule has 1 heterocycles. The summed E-state index contributed by atoms with van der Waals surface area (Å²) in [5.41, 5.74) is 0.183. The number of hydrogen-bond acceptors (Lipinski definition) is 4. The van der Waals surface area contributed by atoms with Gasteiger partial charge in [-0.25, -0.2) is 4.98 Å². The zero-order valence-electron chi connectivity index (χ0n) is 8.21. The van der Waals surface area contributed by atoms with E-state index in [0.29, 0.717) is 0 Å². The summed E-state index contributed by atoms with van der Waals surface area (Å²) in [7, 11) is 1.20. The van der Waals surface area contributed by atoms with Crippen LogP contribution in [-0.4, -0.2) is 18.5 Å². The molecule has 0 saturated heterocycles. The van der Waals surface area contributed by atoms with Gasteiger partial charge in [-0.15, -0.1) is 13.2 Å². The van der Waals surface area contributed by atoms with E-state index in [9.17, 15) is 13.2 Å². The third kappa shape index (κ3) is 3.31. The summed E-state index contributed by atoms with van der Waals surface area (Å²) in [6.45, 7) is 0. The molecule has 0 radical (unpaired) electrons. The summed E-state index contributed by atoms with van der Waals surface area (Å²) in [5.74, 6) is -0.832. The first-order chi connectivity index (χ1) is 7.46. The van der Waals surface area contributed by atoms with Crippen molar-refractivity contribution in [2.45, 2.75) is 12.8 Å². The molecular weight excluding hydrogens is 225 g/mol. The molecule has 0 aliphatic rings. The highest BCUT2D eigenvalue weighted by atomic mass is 19.4. The predicted molar refractivity (Wildman–Crippen MR) is 46.8 cm³/mol. The molecule has 0 aliphatic carbocycles. The molecule has 86 valence electrons. The maximum Gasteiger partial charge on any atom is 0.574 e. The van der Waals surface area contributed by atoms with Gasteiger partial charge in [0, 0.05) is 0 Å². The number of aromatic nitrogens is 1. The lowest BCUT2D eigenvalue weighted by molar-refractivity contribution is -0.276. The van der Waals surface area contributed by atoms with E-state index in [4.69, 9.17) is 5.26 Å². The van der Waals surface area contributed by atoms with E-state index in [1.54, 1.807) is 6.07 Å². The molecule has 0 bridgehead atoms. The molecule has 0 aromatic carbocycles. The van der Waals surface area contributed by atoms with Crippen molar-refractivity contribution in [3.05, 3.63) is 17.8 Å². The van der Waals surface area contributed by atoms with Crippen LogP contribution in [0.5, 0.6) is 11.6 Å². The van der Waals surface area contributed by atoms with Gasteiger partial charge in [-0.3, -0.25) is 0 Å². The predicted octanol–water partition coefficient (Wildman–Crippen LogP) is 2.05. The van der Waals surface area contributed by atoms with Gasteiger partial charge in [-0.1, -0.05) is 0 Å². The summed E-state index contributed by atoms with van der Waals surface area (Å²) in [6.07, 6.45) is -4.94. The summed E-state index contributed by atoms with van der Waals surface area (Å²) in [4.78, 5) is 3.53. The average Bonchev–Trinajstić information content (AvgIpc) is 2.16. The number of nitrogens with zero attached hydrogens (tertiary/aromatic N) is 2. The van der Waals surface area contributed by atoms with Gasteiger partial charge in [-0.2, -0.15) is 5.26 Å². The van der Waals surface area contributed by atoms with Crippen molar-refractivity contribution < 1.29 is 22.6 Å². The quantitative estimate of drug-likeness (QED) is 0.800. The van der Waals surface area contributed by atoms with E-state index in [2.05, 4.69) is 14.5 Å². The molecule has 0 unspecified atom stereocenters. The topological polar surface area (TPSA) is 55.1 Å². The van der Waals surface area contributed by atoms with Crippen LogP contribution in [0.15, 0.2) is 12.1 Å². The Bertz CT molecular complexity index is 412. The molecule has 0 atom stereocenters. The van der Waals surface area contributed by atoms with Crippen LogP contribution >= 0.6 is 0 Å². The molecular formula is C9H7F3N2O2. The van der Waals surface area contributed by atoms with E-state index in [1.165, 1.54) is 19.2 Å². The first-order valence-electron chi connectivity index (χ1n) is 4.13. The normalized spacial score (nSPS) is 10.7. The minimum absolute atomic E-state index is 0.0990. The molecule has 0 amide bonds. The summed E-state index contributed by atoms with van der Waals surface area (Å²) in [6, 6.07) is 4.43. The van der Waals surface area contributed by atoms with E-state index >= 15 is 0 Å². The minimum Gasteiger partial charge on any atom is -0.491 e. The van der Waals surface area contributed by atoms with Crippen molar-refractivity contribution in [2.24, 2.45) is 0 Å². The first kappa shape index (κ1) is 12.1. The second-order valence-corrected chi connectivity index (χ2v) is 2.69. The van der Waals surface area contributed by atoms with Gasteiger partial charge in [-0.05, 0) is 12.1 Å². The van der Waals surface area contributed by atoms with E-state index in [0.717, 1.165) is 0 Å². The average molecular weight is 232 g/mol. The van der Waals surface area contributed by atoms with Gasteiger partial charge in [0.25, 0.3) is 5.88 Å². The summed E-state index contributed by atoms with van der Waals surface area (Å²) >= 11 is 0. The Balaban J connectivity index is 3.03. The SMILES string of the molecule is COc1ccc(CC#N)nc1OC(F)(F)F. The molecule has 7 heteroatoms. The Kier molecular flexibility index (Phi) is 3.55. The molecule has 1 aromatic rings. The van der Waals surface area contributed by atoms with Crippen LogP contribution in [-0.2, 0) is 6.42 Å². The zero-order chi connectivity index (χ0) is 12.2.